The van der Waals surface area contributed by atoms with Gasteiger partial charge in [0, 0.05) is 59.8 Å². The highest BCUT2D eigenvalue weighted by Gasteiger charge is 2.23. The molecular formula is C31H27Cl2N3O3. The maximum absolute atomic E-state index is 12.9. The van der Waals surface area contributed by atoms with Gasteiger partial charge in [0.1, 0.15) is 11.5 Å². The highest BCUT2D eigenvalue weighted by Crippen LogP contribution is 2.31. The first-order valence-electron chi connectivity index (χ1n) is 12.6. The molecule has 1 saturated heterocycles. The van der Waals surface area contributed by atoms with Crippen LogP contribution in [-0.4, -0.2) is 42.9 Å². The van der Waals surface area contributed by atoms with Crippen LogP contribution in [0.3, 0.4) is 0 Å². The van der Waals surface area contributed by atoms with E-state index in [0.717, 1.165) is 35.5 Å². The van der Waals surface area contributed by atoms with Crippen LogP contribution < -0.4 is 10.2 Å². The minimum Gasteiger partial charge on any atom is -0.457 e. The summed E-state index contributed by atoms with van der Waals surface area (Å²) in [6.07, 6.45) is 3.03. The number of hydrogen-bond donors (Lipinski definition) is 1. The number of aryl methyl sites for hydroxylation is 1. The highest BCUT2D eigenvalue weighted by molar-refractivity contribution is 6.36. The zero-order chi connectivity index (χ0) is 27.4. The van der Waals surface area contributed by atoms with Gasteiger partial charge in [-0.2, -0.15) is 0 Å². The minimum absolute atomic E-state index is 0.0819. The van der Waals surface area contributed by atoms with Crippen LogP contribution in [0.2, 0.25) is 10.0 Å². The minimum atomic E-state index is -0.270. The molecule has 3 aromatic carbocycles. The summed E-state index contributed by atoms with van der Waals surface area (Å²) in [5.74, 6) is 0.932. The van der Waals surface area contributed by atoms with Gasteiger partial charge in [-0.05, 0) is 79.2 Å². The van der Waals surface area contributed by atoms with Crippen molar-refractivity contribution in [2.24, 2.45) is 0 Å². The number of carbonyl (C=O) groups excluding carboxylic acids is 2. The van der Waals surface area contributed by atoms with Crippen molar-refractivity contribution >= 4 is 52.5 Å². The third-order valence-corrected chi connectivity index (χ3v) is 7.21. The molecule has 8 heteroatoms. The second kappa shape index (κ2) is 11.8. The average molecular weight is 560 g/mol. The lowest BCUT2D eigenvalue weighted by Gasteiger charge is -2.36. The number of nitrogens with zero attached hydrogens (tertiary/aromatic N) is 2. The Morgan fingerprint density at radius 2 is 1.64 bits per heavy atom. The Hall–Kier alpha value is -4.00. The van der Waals surface area contributed by atoms with E-state index < -0.39 is 0 Å². The van der Waals surface area contributed by atoms with Crippen molar-refractivity contribution in [1.29, 1.82) is 0 Å². The number of nitrogens with one attached hydrogen (secondary N) is 1. The van der Waals surface area contributed by atoms with Gasteiger partial charge in [-0.3, -0.25) is 9.59 Å². The van der Waals surface area contributed by atoms with Gasteiger partial charge in [-0.25, -0.2) is 0 Å². The Morgan fingerprint density at radius 1 is 0.897 bits per heavy atom. The third-order valence-electron chi connectivity index (χ3n) is 6.66. The van der Waals surface area contributed by atoms with E-state index in [2.05, 4.69) is 10.2 Å². The first kappa shape index (κ1) is 26.6. The van der Waals surface area contributed by atoms with E-state index >= 15 is 0 Å². The molecule has 198 valence electrons. The van der Waals surface area contributed by atoms with E-state index in [0.29, 0.717) is 40.3 Å². The van der Waals surface area contributed by atoms with E-state index in [4.69, 9.17) is 27.6 Å². The summed E-state index contributed by atoms with van der Waals surface area (Å²) in [4.78, 5) is 29.5. The third kappa shape index (κ3) is 6.36. The summed E-state index contributed by atoms with van der Waals surface area (Å²) < 4.78 is 5.80. The first-order valence-corrected chi connectivity index (χ1v) is 13.4. The van der Waals surface area contributed by atoms with E-state index in [1.54, 1.807) is 36.4 Å². The van der Waals surface area contributed by atoms with Crippen LogP contribution in [0.25, 0.3) is 17.4 Å². The number of furan rings is 1. The molecule has 0 unspecified atom stereocenters. The molecule has 1 aliphatic heterocycles. The molecule has 1 fully saturated rings. The van der Waals surface area contributed by atoms with Gasteiger partial charge in [0.2, 0.25) is 5.91 Å². The molecule has 6 nitrogen and oxygen atoms in total. The van der Waals surface area contributed by atoms with E-state index in [1.165, 1.54) is 6.08 Å². The van der Waals surface area contributed by atoms with Crippen molar-refractivity contribution in [3.05, 3.63) is 112 Å². The Kier molecular flexibility index (Phi) is 8.05. The fourth-order valence-corrected chi connectivity index (χ4v) is 5.03. The summed E-state index contributed by atoms with van der Waals surface area (Å²) >= 11 is 12.2. The molecule has 0 spiro atoms. The number of benzene rings is 3. The lowest BCUT2D eigenvalue weighted by atomic mass is 10.1. The van der Waals surface area contributed by atoms with Crippen LogP contribution in [-0.2, 0) is 4.79 Å². The van der Waals surface area contributed by atoms with Gasteiger partial charge < -0.3 is 19.5 Å². The highest BCUT2D eigenvalue weighted by atomic mass is 35.5. The lowest BCUT2D eigenvalue weighted by molar-refractivity contribution is -0.111. The quantitative estimate of drug-likeness (QED) is 0.254. The molecule has 1 aliphatic rings. The van der Waals surface area contributed by atoms with Gasteiger partial charge in [0.25, 0.3) is 5.91 Å². The molecule has 1 aromatic heterocycles. The van der Waals surface area contributed by atoms with Crippen molar-refractivity contribution in [2.75, 3.05) is 36.4 Å². The molecule has 0 radical (unpaired) electrons. The number of piperazine rings is 1. The zero-order valence-electron chi connectivity index (χ0n) is 21.4. The molecule has 0 aliphatic carbocycles. The smallest absolute Gasteiger partial charge is 0.254 e. The summed E-state index contributed by atoms with van der Waals surface area (Å²) in [7, 11) is 0. The molecule has 4 aromatic rings. The maximum atomic E-state index is 12.9. The normalized spacial score (nSPS) is 13.6. The van der Waals surface area contributed by atoms with Gasteiger partial charge in [0.05, 0.1) is 5.02 Å². The Bertz CT molecular complexity index is 1520. The molecule has 2 amide bonds. The van der Waals surface area contributed by atoms with Crippen LogP contribution in [0, 0.1) is 6.92 Å². The number of halogens is 2. The van der Waals surface area contributed by atoms with Gasteiger partial charge >= 0.3 is 0 Å². The van der Waals surface area contributed by atoms with E-state index in [9.17, 15) is 9.59 Å². The topological polar surface area (TPSA) is 65.8 Å². The SMILES string of the molecule is Cc1ccccc1C(=O)N1CCN(c2ccc(NC(=O)/C=C/c3ccc(-c4ccc(Cl)cc4Cl)o3)cc2)CC1. The molecule has 2 heterocycles. The molecule has 0 atom stereocenters. The van der Waals surface area contributed by atoms with E-state index in [-0.39, 0.29) is 11.8 Å². The average Bonchev–Trinajstić information content (AvgIpc) is 3.41. The molecule has 0 saturated carbocycles. The number of anilines is 2. The van der Waals surface area contributed by atoms with Gasteiger partial charge in [0.15, 0.2) is 0 Å². The van der Waals surface area contributed by atoms with E-state index in [1.807, 2.05) is 60.4 Å². The predicted molar refractivity (Wildman–Crippen MR) is 158 cm³/mol. The van der Waals surface area contributed by atoms with Crippen molar-refractivity contribution in [1.82, 2.24) is 4.90 Å². The summed E-state index contributed by atoms with van der Waals surface area (Å²) in [5, 5.41) is 3.91. The van der Waals surface area contributed by atoms with Crippen LogP contribution >= 0.6 is 23.2 Å². The van der Waals surface area contributed by atoms with Crippen LogP contribution in [0.1, 0.15) is 21.7 Å². The second-order valence-corrected chi connectivity index (χ2v) is 10.1. The van der Waals surface area contributed by atoms with Crippen LogP contribution in [0.5, 0.6) is 0 Å². The Labute approximate surface area is 237 Å². The largest absolute Gasteiger partial charge is 0.457 e. The predicted octanol–water partition coefficient (Wildman–Crippen LogP) is 7.18. The molecule has 0 bridgehead atoms. The molecule has 39 heavy (non-hydrogen) atoms. The van der Waals surface area contributed by atoms with Crippen molar-refractivity contribution in [2.45, 2.75) is 6.92 Å². The standard InChI is InChI=1S/C31H27Cl2N3O3/c1-21-4-2-3-5-26(21)31(38)36-18-16-35(17-19-36)24-9-7-23(8-10-24)34-30(37)15-12-25-11-14-29(39-25)27-13-6-22(32)20-28(27)33/h2-15,20H,16-19H2,1H3,(H,34,37)/b15-12+. The van der Waals surface area contributed by atoms with Gasteiger partial charge in [-0.1, -0.05) is 41.4 Å². The number of carbonyl (C=O) groups is 2. The number of hydrogen-bond acceptors (Lipinski definition) is 4. The fraction of sp³-hybridized carbons (Fsp3) is 0.161. The van der Waals surface area contributed by atoms with Crippen molar-refractivity contribution < 1.29 is 14.0 Å². The van der Waals surface area contributed by atoms with Crippen molar-refractivity contribution in [3.8, 4) is 11.3 Å². The molecule has 5 rings (SSSR count). The Morgan fingerprint density at radius 3 is 2.36 bits per heavy atom. The molecular weight excluding hydrogens is 533 g/mol. The van der Waals surface area contributed by atoms with Crippen LogP contribution in [0.15, 0.2) is 89.4 Å². The lowest BCUT2D eigenvalue weighted by Crippen LogP contribution is -2.48. The van der Waals surface area contributed by atoms with Gasteiger partial charge in [-0.15, -0.1) is 0 Å². The second-order valence-electron chi connectivity index (χ2n) is 9.29. The van der Waals surface area contributed by atoms with Crippen molar-refractivity contribution in [3.63, 3.8) is 0 Å². The van der Waals surface area contributed by atoms with Crippen LogP contribution in [0.4, 0.5) is 11.4 Å². The number of amides is 2. The monoisotopic (exact) mass is 559 g/mol. The Balaban J connectivity index is 1.13. The summed E-state index contributed by atoms with van der Waals surface area (Å²) in [6.45, 7) is 4.78. The first-order chi connectivity index (χ1) is 18.9. The number of rotatable bonds is 6. The fourth-order valence-electron chi connectivity index (χ4n) is 4.52. The molecule has 1 N–H and O–H groups in total. The summed E-state index contributed by atoms with van der Waals surface area (Å²) in [6, 6.07) is 24.2. The summed E-state index contributed by atoms with van der Waals surface area (Å²) in [5.41, 5.74) is 4.22. The maximum Gasteiger partial charge on any atom is 0.254 e. The zero-order valence-corrected chi connectivity index (χ0v) is 22.9.